The van der Waals surface area contributed by atoms with Gasteiger partial charge in [-0.2, -0.15) is 0 Å². The first-order valence-corrected chi connectivity index (χ1v) is 10.3. The summed E-state index contributed by atoms with van der Waals surface area (Å²) < 4.78 is 15.8. The van der Waals surface area contributed by atoms with Gasteiger partial charge in [-0.3, -0.25) is 4.79 Å². The molecule has 6 nitrogen and oxygen atoms in total. The average Bonchev–Trinajstić information content (AvgIpc) is 2.76. The molecule has 0 aliphatic heterocycles. The van der Waals surface area contributed by atoms with Crippen molar-refractivity contribution in [2.24, 2.45) is 0 Å². The first kappa shape index (κ1) is 22.8. The quantitative estimate of drug-likeness (QED) is 0.468. The van der Waals surface area contributed by atoms with Gasteiger partial charge in [-0.15, -0.1) is 0 Å². The molecule has 7 heteroatoms. The predicted molar refractivity (Wildman–Crippen MR) is 122 cm³/mol. The second kappa shape index (κ2) is 9.98. The van der Waals surface area contributed by atoms with Crippen LogP contribution in [0.5, 0.6) is 11.5 Å². The number of amides is 1. The second-order valence-corrected chi connectivity index (χ2v) is 7.73. The number of pyridine rings is 1. The molecule has 2 aromatic carbocycles. The number of rotatable bonds is 8. The number of carbonyl (C=O) groups is 1. The number of hydrogen-bond donors (Lipinski definition) is 0. The fourth-order valence-corrected chi connectivity index (χ4v) is 3.78. The van der Waals surface area contributed by atoms with Gasteiger partial charge in [0, 0.05) is 36.7 Å². The number of hydrogen-bond acceptors (Lipinski definition) is 5. The van der Waals surface area contributed by atoms with Crippen molar-refractivity contribution >= 4 is 28.4 Å². The lowest BCUT2D eigenvalue weighted by Crippen LogP contribution is -2.33. The number of aryl methyl sites for hydroxylation is 2. The third-order valence-corrected chi connectivity index (χ3v) is 5.48. The number of ether oxygens (including phenoxy) is 3. The van der Waals surface area contributed by atoms with E-state index >= 15 is 0 Å². The van der Waals surface area contributed by atoms with Gasteiger partial charge in [-0.1, -0.05) is 17.7 Å². The number of benzene rings is 2. The first-order valence-electron chi connectivity index (χ1n) is 9.94. The van der Waals surface area contributed by atoms with E-state index in [1.165, 1.54) is 0 Å². The van der Waals surface area contributed by atoms with Gasteiger partial charge in [-0.05, 0) is 55.3 Å². The molecule has 0 aliphatic rings. The molecule has 0 fully saturated rings. The number of halogens is 1. The summed E-state index contributed by atoms with van der Waals surface area (Å²) in [6, 6.07) is 11.2. The van der Waals surface area contributed by atoms with Crippen molar-refractivity contribution in [2.75, 3.05) is 34.5 Å². The Balaban J connectivity index is 1.96. The molecule has 0 aliphatic carbocycles. The molecule has 0 bridgehead atoms. The summed E-state index contributed by atoms with van der Waals surface area (Å²) in [6.45, 7) is 5.20. The fourth-order valence-electron chi connectivity index (χ4n) is 3.57. The lowest BCUT2D eigenvalue weighted by molar-refractivity contribution is 0.0680. The molecule has 1 aromatic heterocycles. The summed E-state index contributed by atoms with van der Waals surface area (Å²) >= 11 is 6.51. The zero-order valence-corrected chi connectivity index (χ0v) is 19.2. The van der Waals surface area contributed by atoms with Gasteiger partial charge in [0.15, 0.2) is 11.5 Å². The van der Waals surface area contributed by atoms with Crippen molar-refractivity contribution in [2.45, 2.75) is 20.4 Å². The van der Waals surface area contributed by atoms with E-state index in [-0.39, 0.29) is 5.91 Å². The maximum Gasteiger partial charge on any atom is 0.254 e. The van der Waals surface area contributed by atoms with Gasteiger partial charge in [0.05, 0.1) is 26.3 Å². The molecule has 0 radical (unpaired) electrons. The third kappa shape index (κ3) is 5.09. The van der Waals surface area contributed by atoms with Crippen LogP contribution in [0.15, 0.2) is 36.4 Å². The van der Waals surface area contributed by atoms with Crippen LogP contribution < -0.4 is 9.47 Å². The molecular weight excluding hydrogens is 416 g/mol. The van der Waals surface area contributed by atoms with E-state index in [9.17, 15) is 4.79 Å². The molecule has 0 spiro atoms. The summed E-state index contributed by atoms with van der Waals surface area (Å²) in [4.78, 5) is 19.6. The Bertz CT molecular complexity index is 1100. The number of methoxy groups -OCH3 is 3. The molecule has 1 amide bonds. The molecule has 1 heterocycles. The van der Waals surface area contributed by atoms with E-state index in [4.69, 9.17) is 25.8 Å². The van der Waals surface area contributed by atoms with Gasteiger partial charge in [0.2, 0.25) is 0 Å². The molecule has 164 valence electrons. The molecule has 3 rings (SSSR count). The van der Waals surface area contributed by atoms with Crippen molar-refractivity contribution in [1.29, 1.82) is 0 Å². The Morgan fingerprint density at radius 1 is 1.03 bits per heavy atom. The largest absolute Gasteiger partial charge is 0.493 e. The van der Waals surface area contributed by atoms with Gasteiger partial charge in [0.1, 0.15) is 5.15 Å². The maximum absolute atomic E-state index is 13.3. The smallest absolute Gasteiger partial charge is 0.254 e. The van der Waals surface area contributed by atoms with Crippen LogP contribution in [0.4, 0.5) is 0 Å². The van der Waals surface area contributed by atoms with E-state index in [0.29, 0.717) is 41.9 Å². The van der Waals surface area contributed by atoms with Crippen molar-refractivity contribution in [3.8, 4) is 11.5 Å². The third-order valence-electron chi connectivity index (χ3n) is 5.16. The monoisotopic (exact) mass is 442 g/mol. The Kier molecular flexibility index (Phi) is 7.36. The van der Waals surface area contributed by atoms with Crippen molar-refractivity contribution in [3.05, 3.63) is 63.8 Å². The summed E-state index contributed by atoms with van der Waals surface area (Å²) in [5, 5.41) is 1.41. The van der Waals surface area contributed by atoms with Gasteiger partial charge < -0.3 is 19.1 Å². The van der Waals surface area contributed by atoms with Gasteiger partial charge in [0.25, 0.3) is 5.91 Å². The standard InChI is InChI=1S/C24H27ClN2O4/c1-15-10-16(2)19-12-18(23(25)26-20(19)11-15)14-27(8-9-29-3)24(28)17-6-7-21(30-4)22(13-17)31-5/h6-7,10-13H,8-9,14H2,1-5H3. The van der Waals surface area contributed by atoms with Crippen LogP contribution in [0.3, 0.4) is 0 Å². The molecule has 3 aromatic rings. The predicted octanol–water partition coefficient (Wildman–Crippen LogP) is 4.81. The molecule has 0 unspecified atom stereocenters. The zero-order chi connectivity index (χ0) is 22.5. The molecule has 0 saturated carbocycles. The minimum absolute atomic E-state index is 0.158. The second-order valence-electron chi connectivity index (χ2n) is 7.38. The lowest BCUT2D eigenvalue weighted by Gasteiger charge is -2.24. The van der Waals surface area contributed by atoms with Gasteiger partial charge >= 0.3 is 0 Å². The number of fused-ring (bicyclic) bond motifs is 1. The summed E-state index contributed by atoms with van der Waals surface area (Å²) in [5.74, 6) is 0.904. The summed E-state index contributed by atoms with van der Waals surface area (Å²) in [5.41, 5.74) is 4.37. The number of aromatic nitrogens is 1. The van der Waals surface area contributed by atoms with Crippen LogP contribution in [-0.2, 0) is 11.3 Å². The zero-order valence-electron chi connectivity index (χ0n) is 18.5. The van der Waals surface area contributed by atoms with Crippen molar-refractivity contribution in [3.63, 3.8) is 0 Å². The molecule has 0 saturated heterocycles. The molecular formula is C24H27ClN2O4. The summed E-state index contributed by atoms with van der Waals surface area (Å²) in [6.07, 6.45) is 0. The van der Waals surface area contributed by atoms with Crippen molar-refractivity contribution in [1.82, 2.24) is 9.88 Å². The Morgan fingerprint density at radius 3 is 2.45 bits per heavy atom. The molecule has 0 N–H and O–H groups in total. The van der Waals surface area contributed by atoms with Crippen LogP contribution >= 0.6 is 11.6 Å². The Hall–Kier alpha value is -2.83. The SMILES string of the molecule is COCCN(Cc1cc2c(C)cc(C)cc2nc1Cl)C(=O)c1ccc(OC)c(OC)c1. The van der Waals surface area contributed by atoms with Crippen LogP contribution in [-0.4, -0.2) is 50.3 Å². The van der Waals surface area contributed by atoms with E-state index in [0.717, 1.165) is 27.6 Å². The number of nitrogens with zero attached hydrogens (tertiary/aromatic N) is 2. The van der Waals surface area contributed by atoms with Crippen LogP contribution in [0.2, 0.25) is 5.15 Å². The minimum atomic E-state index is -0.158. The van der Waals surface area contributed by atoms with Crippen LogP contribution in [0.25, 0.3) is 10.9 Å². The van der Waals surface area contributed by atoms with E-state index in [1.807, 2.05) is 26.0 Å². The Labute approximate surface area is 187 Å². The normalized spacial score (nSPS) is 10.9. The highest BCUT2D eigenvalue weighted by atomic mass is 35.5. The van der Waals surface area contributed by atoms with Crippen molar-refractivity contribution < 1.29 is 19.0 Å². The van der Waals surface area contributed by atoms with E-state index in [2.05, 4.69) is 11.1 Å². The van der Waals surface area contributed by atoms with Crippen LogP contribution in [0.1, 0.15) is 27.0 Å². The molecule has 31 heavy (non-hydrogen) atoms. The average molecular weight is 443 g/mol. The minimum Gasteiger partial charge on any atom is -0.493 e. The highest BCUT2D eigenvalue weighted by molar-refractivity contribution is 6.30. The molecule has 0 atom stereocenters. The maximum atomic E-state index is 13.3. The highest BCUT2D eigenvalue weighted by Gasteiger charge is 2.20. The summed E-state index contributed by atoms with van der Waals surface area (Å²) in [7, 11) is 4.71. The van der Waals surface area contributed by atoms with E-state index in [1.54, 1.807) is 44.4 Å². The van der Waals surface area contributed by atoms with E-state index < -0.39 is 0 Å². The van der Waals surface area contributed by atoms with Crippen LogP contribution in [0, 0.1) is 13.8 Å². The lowest BCUT2D eigenvalue weighted by atomic mass is 10.0. The van der Waals surface area contributed by atoms with Gasteiger partial charge in [-0.25, -0.2) is 4.98 Å². The number of carbonyl (C=O) groups excluding carboxylic acids is 1. The first-order chi connectivity index (χ1) is 14.9. The highest BCUT2D eigenvalue weighted by Crippen LogP contribution is 2.29. The topological polar surface area (TPSA) is 60.9 Å². The Morgan fingerprint density at radius 2 is 1.77 bits per heavy atom. The fraction of sp³-hybridized carbons (Fsp3) is 0.333.